The molecular formula is C19H12ClF2NO. The van der Waals surface area contributed by atoms with Gasteiger partial charge >= 0.3 is 0 Å². The van der Waals surface area contributed by atoms with Gasteiger partial charge in [-0.3, -0.25) is 4.79 Å². The molecule has 0 aliphatic rings. The van der Waals surface area contributed by atoms with Crippen LogP contribution >= 0.6 is 11.6 Å². The number of nitrogens with one attached hydrogen (secondary N) is 1. The van der Waals surface area contributed by atoms with Gasteiger partial charge < -0.3 is 5.32 Å². The number of rotatable bonds is 3. The van der Waals surface area contributed by atoms with Gasteiger partial charge in [0, 0.05) is 16.3 Å². The lowest BCUT2D eigenvalue weighted by Gasteiger charge is -2.09. The van der Waals surface area contributed by atoms with E-state index in [9.17, 15) is 13.6 Å². The van der Waals surface area contributed by atoms with Gasteiger partial charge in [0.25, 0.3) is 5.91 Å². The predicted molar refractivity (Wildman–Crippen MR) is 91.2 cm³/mol. The Kier molecular flexibility index (Phi) is 4.58. The van der Waals surface area contributed by atoms with Gasteiger partial charge in [-0.05, 0) is 35.9 Å². The summed E-state index contributed by atoms with van der Waals surface area (Å²) in [4.78, 5) is 12.1. The molecule has 1 N–H and O–H groups in total. The highest BCUT2D eigenvalue weighted by Crippen LogP contribution is 2.28. The third-order valence-corrected chi connectivity index (χ3v) is 3.85. The highest BCUT2D eigenvalue weighted by molar-refractivity contribution is 6.33. The Balaban J connectivity index is 1.82. The zero-order valence-corrected chi connectivity index (χ0v) is 13.1. The van der Waals surface area contributed by atoms with Crippen molar-refractivity contribution in [2.75, 3.05) is 5.32 Å². The molecule has 120 valence electrons. The SMILES string of the molecule is O=C(Nc1ccc(-c2ccccc2Cl)cc1)c1c(F)cccc1F. The van der Waals surface area contributed by atoms with Crippen LogP contribution in [0, 0.1) is 11.6 Å². The molecule has 0 radical (unpaired) electrons. The lowest BCUT2D eigenvalue weighted by atomic mass is 10.1. The fourth-order valence-corrected chi connectivity index (χ4v) is 2.58. The van der Waals surface area contributed by atoms with Crippen LogP contribution in [0.5, 0.6) is 0 Å². The predicted octanol–water partition coefficient (Wildman–Crippen LogP) is 5.54. The Labute approximate surface area is 142 Å². The van der Waals surface area contributed by atoms with Crippen molar-refractivity contribution in [2.45, 2.75) is 0 Å². The van der Waals surface area contributed by atoms with Crippen LogP contribution in [-0.4, -0.2) is 5.91 Å². The molecule has 3 aromatic carbocycles. The fraction of sp³-hybridized carbons (Fsp3) is 0. The van der Waals surface area contributed by atoms with Crippen molar-refractivity contribution in [2.24, 2.45) is 0 Å². The standard InChI is InChI=1S/C19H12ClF2NO/c20-15-5-2-1-4-14(15)12-8-10-13(11-9-12)23-19(24)18-16(21)6-3-7-17(18)22/h1-11H,(H,23,24). The van der Waals surface area contributed by atoms with Crippen molar-refractivity contribution < 1.29 is 13.6 Å². The number of hydrogen-bond donors (Lipinski definition) is 1. The normalized spacial score (nSPS) is 10.5. The summed E-state index contributed by atoms with van der Waals surface area (Å²) in [5.41, 5.74) is 1.55. The Hall–Kier alpha value is -2.72. The topological polar surface area (TPSA) is 29.1 Å². The Morgan fingerprint density at radius 2 is 1.46 bits per heavy atom. The van der Waals surface area contributed by atoms with E-state index in [0.717, 1.165) is 23.3 Å². The van der Waals surface area contributed by atoms with E-state index >= 15 is 0 Å². The van der Waals surface area contributed by atoms with Crippen LogP contribution in [0.4, 0.5) is 14.5 Å². The second kappa shape index (κ2) is 6.81. The summed E-state index contributed by atoms with van der Waals surface area (Å²) in [6.07, 6.45) is 0. The van der Waals surface area contributed by atoms with E-state index < -0.39 is 23.1 Å². The summed E-state index contributed by atoms with van der Waals surface area (Å²) >= 11 is 6.14. The Bertz CT molecular complexity index is 874. The molecule has 0 saturated carbocycles. The molecule has 0 saturated heterocycles. The van der Waals surface area contributed by atoms with Crippen molar-refractivity contribution in [1.82, 2.24) is 0 Å². The van der Waals surface area contributed by atoms with Crippen molar-refractivity contribution in [3.05, 3.63) is 89.0 Å². The summed E-state index contributed by atoms with van der Waals surface area (Å²) in [7, 11) is 0. The fourth-order valence-electron chi connectivity index (χ4n) is 2.34. The largest absolute Gasteiger partial charge is 0.322 e. The van der Waals surface area contributed by atoms with Crippen LogP contribution in [0.25, 0.3) is 11.1 Å². The molecule has 0 fully saturated rings. The summed E-state index contributed by atoms with van der Waals surface area (Å²) < 4.78 is 27.2. The minimum absolute atomic E-state index is 0.429. The van der Waals surface area contributed by atoms with Crippen LogP contribution in [0.1, 0.15) is 10.4 Å². The number of anilines is 1. The molecule has 0 bridgehead atoms. The number of amides is 1. The first kappa shape index (κ1) is 16.1. The molecule has 1 amide bonds. The third kappa shape index (κ3) is 3.29. The monoisotopic (exact) mass is 343 g/mol. The number of halogens is 3. The molecule has 0 unspecified atom stereocenters. The molecule has 2 nitrogen and oxygen atoms in total. The first-order chi connectivity index (χ1) is 11.6. The van der Waals surface area contributed by atoms with Gasteiger partial charge in [0.1, 0.15) is 17.2 Å². The van der Waals surface area contributed by atoms with Gasteiger partial charge in [0.2, 0.25) is 0 Å². The van der Waals surface area contributed by atoms with E-state index in [1.807, 2.05) is 18.2 Å². The maximum Gasteiger partial charge on any atom is 0.261 e. The van der Waals surface area contributed by atoms with Gasteiger partial charge in [-0.1, -0.05) is 48.0 Å². The molecule has 0 spiro atoms. The van der Waals surface area contributed by atoms with Gasteiger partial charge in [-0.25, -0.2) is 8.78 Å². The Morgan fingerprint density at radius 3 is 2.08 bits per heavy atom. The molecule has 0 aromatic heterocycles. The summed E-state index contributed by atoms with van der Waals surface area (Å²) in [6, 6.07) is 17.5. The molecule has 0 atom stereocenters. The first-order valence-corrected chi connectivity index (χ1v) is 7.54. The van der Waals surface area contributed by atoms with Gasteiger partial charge in [0.05, 0.1) is 0 Å². The van der Waals surface area contributed by atoms with E-state index in [1.54, 1.807) is 30.3 Å². The quantitative estimate of drug-likeness (QED) is 0.665. The Morgan fingerprint density at radius 1 is 0.833 bits per heavy atom. The average molecular weight is 344 g/mol. The number of carbonyl (C=O) groups excluding carboxylic acids is 1. The highest BCUT2D eigenvalue weighted by Gasteiger charge is 2.17. The smallest absolute Gasteiger partial charge is 0.261 e. The van der Waals surface area contributed by atoms with E-state index in [4.69, 9.17) is 11.6 Å². The molecule has 3 aromatic rings. The lowest BCUT2D eigenvalue weighted by Crippen LogP contribution is -2.15. The van der Waals surface area contributed by atoms with E-state index in [-0.39, 0.29) is 0 Å². The van der Waals surface area contributed by atoms with Crippen molar-refractivity contribution in [1.29, 1.82) is 0 Å². The summed E-state index contributed by atoms with van der Waals surface area (Å²) in [6.45, 7) is 0. The van der Waals surface area contributed by atoms with Gasteiger partial charge in [-0.2, -0.15) is 0 Å². The minimum Gasteiger partial charge on any atom is -0.322 e. The molecule has 24 heavy (non-hydrogen) atoms. The molecule has 5 heteroatoms. The van der Waals surface area contributed by atoms with Crippen molar-refractivity contribution in [3.8, 4) is 11.1 Å². The second-order valence-electron chi connectivity index (χ2n) is 5.11. The summed E-state index contributed by atoms with van der Waals surface area (Å²) in [5, 5.41) is 3.09. The zero-order valence-electron chi connectivity index (χ0n) is 12.4. The van der Waals surface area contributed by atoms with E-state index in [2.05, 4.69) is 5.32 Å². The zero-order chi connectivity index (χ0) is 17.1. The van der Waals surface area contributed by atoms with E-state index in [1.165, 1.54) is 6.07 Å². The molecular weight excluding hydrogens is 332 g/mol. The second-order valence-corrected chi connectivity index (χ2v) is 5.52. The molecule has 0 aliphatic carbocycles. The maximum absolute atomic E-state index is 13.6. The first-order valence-electron chi connectivity index (χ1n) is 7.16. The van der Waals surface area contributed by atoms with Crippen LogP contribution in [0.15, 0.2) is 66.7 Å². The van der Waals surface area contributed by atoms with Crippen LogP contribution < -0.4 is 5.32 Å². The van der Waals surface area contributed by atoms with Crippen molar-refractivity contribution >= 4 is 23.2 Å². The average Bonchev–Trinajstić information content (AvgIpc) is 2.56. The van der Waals surface area contributed by atoms with Crippen LogP contribution in [-0.2, 0) is 0 Å². The lowest BCUT2D eigenvalue weighted by molar-refractivity contribution is 0.101. The number of benzene rings is 3. The van der Waals surface area contributed by atoms with Gasteiger partial charge in [-0.15, -0.1) is 0 Å². The van der Waals surface area contributed by atoms with Crippen molar-refractivity contribution in [3.63, 3.8) is 0 Å². The highest BCUT2D eigenvalue weighted by atomic mass is 35.5. The number of hydrogen-bond acceptors (Lipinski definition) is 1. The van der Waals surface area contributed by atoms with Crippen LogP contribution in [0.3, 0.4) is 0 Å². The maximum atomic E-state index is 13.6. The van der Waals surface area contributed by atoms with E-state index in [0.29, 0.717) is 10.7 Å². The molecule has 3 rings (SSSR count). The molecule has 0 aliphatic heterocycles. The molecule has 0 heterocycles. The number of carbonyl (C=O) groups is 1. The van der Waals surface area contributed by atoms with Gasteiger partial charge in [0.15, 0.2) is 0 Å². The summed E-state index contributed by atoms with van der Waals surface area (Å²) in [5.74, 6) is -2.64. The minimum atomic E-state index is -0.903. The third-order valence-electron chi connectivity index (χ3n) is 3.52. The van der Waals surface area contributed by atoms with Crippen LogP contribution in [0.2, 0.25) is 5.02 Å².